The standard InChI is InChI=1S/C17H18FNO/c18-15-6-3-5-14(12-15)17(20)9-11-19-10-8-13-4-1-2-7-16(13)19/h1-7,12,17,20H,8-11H2. The van der Waals surface area contributed by atoms with Crippen molar-refractivity contribution in [1.29, 1.82) is 0 Å². The van der Waals surface area contributed by atoms with Crippen LogP contribution in [0.2, 0.25) is 0 Å². The molecule has 20 heavy (non-hydrogen) atoms. The van der Waals surface area contributed by atoms with Crippen LogP contribution in [-0.4, -0.2) is 18.2 Å². The van der Waals surface area contributed by atoms with Crippen LogP contribution in [0.25, 0.3) is 0 Å². The van der Waals surface area contributed by atoms with E-state index >= 15 is 0 Å². The highest BCUT2D eigenvalue weighted by molar-refractivity contribution is 5.57. The maximum Gasteiger partial charge on any atom is 0.123 e. The number of fused-ring (bicyclic) bond motifs is 1. The van der Waals surface area contributed by atoms with Gasteiger partial charge in [0.1, 0.15) is 5.82 Å². The number of aliphatic hydroxyl groups is 1. The van der Waals surface area contributed by atoms with E-state index in [1.165, 1.54) is 23.4 Å². The summed E-state index contributed by atoms with van der Waals surface area (Å²) in [6, 6.07) is 14.6. The number of para-hydroxylation sites is 1. The molecule has 1 atom stereocenters. The molecule has 2 aromatic rings. The Hall–Kier alpha value is -1.87. The largest absolute Gasteiger partial charge is 0.388 e. The fraction of sp³-hybridized carbons (Fsp3) is 0.294. The molecule has 3 rings (SSSR count). The van der Waals surface area contributed by atoms with Gasteiger partial charge >= 0.3 is 0 Å². The fourth-order valence-electron chi connectivity index (χ4n) is 2.80. The van der Waals surface area contributed by atoms with E-state index in [4.69, 9.17) is 0 Å². The maximum absolute atomic E-state index is 13.1. The van der Waals surface area contributed by atoms with Crippen LogP contribution in [-0.2, 0) is 6.42 Å². The lowest BCUT2D eigenvalue weighted by Crippen LogP contribution is -2.23. The highest BCUT2D eigenvalue weighted by Gasteiger charge is 2.19. The number of anilines is 1. The number of nitrogens with zero attached hydrogens (tertiary/aromatic N) is 1. The second-order valence-electron chi connectivity index (χ2n) is 5.23. The smallest absolute Gasteiger partial charge is 0.123 e. The van der Waals surface area contributed by atoms with Gasteiger partial charge in [0.25, 0.3) is 0 Å². The van der Waals surface area contributed by atoms with Crippen molar-refractivity contribution in [3.63, 3.8) is 0 Å². The fourth-order valence-corrected chi connectivity index (χ4v) is 2.80. The first-order chi connectivity index (χ1) is 9.74. The van der Waals surface area contributed by atoms with Crippen LogP contribution < -0.4 is 4.90 Å². The zero-order chi connectivity index (χ0) is 13.9. The molecule has 0 spiro atoms. The zero-order valence-electron chi connectivity index (χ0n) is 11.3. The van der Waals surface area contributed by atoms with Gasteiger partial charge in [-0.05, 0) is 42.2 Å². The van der Waals surface area contributed by atoms with E-state index in [0.717, 1.165) is 19.5 Å². The van der Waals surface area contributed by atoms with E-state index in [9.17, 15) is 9.50 Å². The predicted molar refractivity (Wildman–Crippen MR) is 78.3 cm³/mol. The number of hydrogen-bond donors (Lipinski definition) is 1. The van der Waals surface area contributed by atoms with Crippen molar-refractivity contribution in [2.45, 2.75) is 18.9 Å². The maximum atomic E-state index is 13.1. The minimum atomic E-state index is -0.613. The van der Waals surface area contributed by atoms with Crippen molar-refractivity contribution in [3.8, 4) is 0 Å². The van der Waals surface area contributed by atoms with Crippen molar-refractivity contribution in [2.75, 3.05) is 18.0 Å². The van der Waals surface area contributed by atoms with Crippen LogP contribution in [0.5, 0.6) is 0 Å². The molecule has 0 aliphatic carbocycles. The molecular formula is C17H18FNO. The SMILES string of the molecule is OC(CCN1CCc2ccccc21)c1cccc(F)c1. The van der Waals surface area contributed by atoms with E-state index < -0.39 is 6.10 Å². The van der Waals surface area contributed by atoms with Crippen molar-refractivity contribution >= 4 is 5.69 Å². The van der Waals surface area contributed by atoms with Crippen LogP contribution in [0.3, 0.4) is 0 Å². The molecule has 2 aromatic carbocycles. The van der Waals surface area contributed by atoms with E-state index in [1.807, 2.05) is 6.07 Å². The van der Waals surface area contributed by atoms with Crippen LogP contribution in [0.4, 0.5) is 10.1 Å². The second kappa shape index (κ2) is 5.63. The van der Waals surface area contributed by atoms with Gasteiger partial charge in [-0.3, -0.25) is 0 Å². The van der Waals surface area contributed by atoms with Crippen LogP contribution in [0.1, 0.15) is 23.7 Å². The van der Waals surface area contributed by atoms with Crippen LogP contribution >= 0.6 is 0 Å². The number of rotatable bonds is 4. The minimum absolute atomic E-state index is 0.298. The topological polar surface area (TPSA) is 23.5 Å². The summed E-state index contributed by atoms with van der Waals surface area (Å²) in [7, 11) is 0. The summed E-state index contributed by atoms with van der Waals surface area (Å²) in [6.45, 7) is 1.78. The number of halogens is 1. The van der Waals surface area contributed by atoms with Crippen molar-refractivity contribution in [1.82, 2.24) is 0 Å². The molecule has 0 bridgehead atoms. The summed E-state index contributed by atoms with van der Waals surface area (Å²) >= 11 is 0. The molecule has 0 fully saturated rings. The molecule has 104 valence electrons. The normalized spacial score (nSPS) is 15.2. The molecule has 1 aliphatic rings. The molecule has 1 unspecified atom stereocenters. The molecule has 0 amide bonds. The molecule has 1 N–H and O–H groups in total. The molecule has 0 aromatic heterocycles. The number of hydrogen-bond acceptors (Lipinski definition) is 2. The average molecular weight is 271 g/mol. The summed E-state index contributed by atoms with van der Waals surface area (Å²) in [5, 5.41) is 10.2. The monoisotopic (exact) mass is 271 g/mol. The van der Waals surface area contributed by atoms with Crippen LogP contribution in [0, 0.1) is 5.82 Å². The lowest BCUT2D eigenvalue weighted by atomic mass is 10.1. The highest BCUT2D eigenvalue weighted by Crippen LogP contribution is 2.28. The Labute approximate surface area is 118 Å². The van der Waals surface area contributed by atoms with Gasteiger partial charge in [0, 0.05) is 18.8 Å². The van der Waals surface area contributed by atoms with Crippen molar-refractivity contribution < 1.29 is 9.50 Å². The third-order valence-corrected chi connectivity index (χ3v) is 3.89. The molecule has 0 saturated heterocycles. The van der Waals surface area contributed by atoms with Crippen molar-refractivity contribution in [2.24, 2.45) is 0 Å². The third kappa shape index (κ3) is 2.68. The van der Waals surface area contributed by atoms with Gasteiger partial charge < -0.3 is 10.0 Å². The Bertz CT molecular complexity index is 599. The lowest BCUT2D eigenvalue weighted by molar-refractivity contribution is 0.169. The van der Waals surface area contributed by atoms with Gasteiger partial charge in [0.15, 0.2) is 0 Å². The van der Waals surface area contributed by atoms with Gasteiger partial charge in [0.05, 0.1) is 6.10 Å². The molecule has 0 radical (unpaired) electrons. The Morgan fingerprint density at radius 3 is 2.85 bits per heavy atom. The van der Waals surface area contributed by atoms with E-state index in [0.29, 0.717) is 12.0 Å². The average Bonchev–Trinajstić information content (AvgIpc) is 2.88. The van der Waals surface area contributed by atoms with Gasteiger partial charge in [-0.2, -0.15) is 0 Å². The Morgan fingerprint density at radius 1 is 1.15 bits per heavy atom. The molecule has 1 aliphatic heterocycles. The first-order valence-electron chi connectivity index (χ1n) is 7.00. The molecule has 1 heterocycles. The summed E-state index contributed by atoms with van der Waals surface area (Å²) in [5.41, 5.74) is 3.28. The molecule has 2 nitrogen and oxygen atoms in total. The third-order valence-electron chi connectivity index (χ3n) is 3.89. The van der Waals surface area contributed by atoms with E-state index in [-0.39, 0.29) is 5.82 Å². The van der Waals surface area contributed by atoms with Gasteiger partial charge in [0.2, 0.25) is 0 Å². The summed E-state index contributed by atoms with van der Waals surface area (Å²) in [5.74, 6) is -0.298. The first kappa shape index (κ1) is 13.1. The minimum Gasteiger partial charge on any atom is -0.388 e. The first-order valence-corrected chi connectivity index (χ1v) is 7.00. The Kier molecular flexibility index (Phi) is 3.70. The van der Waals surface area contributed by atoms with E-state index in [2.05, 4.69) is 23.1 Å². The number of benzene rings is 2. The van der Waals surface area contributed by atoms with Crippen molar-refractivity contribution in [3.05, 3.63) is 65.5 Å². The summed E-state index contributed by atoms with van der Waals surface area (Å²) in [6.07, 6.45) is 1.06. The van der Waals surface area contributed by atoms with Gasteiger partial charge in [-0.25, -0.2) is 4.39 Å². The number of aliphatic hydroxyl groups excluding tert-OH is 1. The molecule has 3 heteroatoms. The molecule has 0 saturated carbocycles. The second-order valence-corrected chi connectivity index (χ2v) is 5.23. The Morgan fingerprint density at radius 2 is 2.00 bits per heavy atom. The Balaban J connectivity index is 1.63. The predicted octanol–water partition coefficient (Wildman–Crippen LogP) is 3.31. The van der Waals surface area contributed by atoms with Gasteiger partial charge in [-0.1, -0.05) is 30.3 Å². The quantitative estimate of drug-likeness (QED) is 0.922. The van der Waals surface area contributed by atoms with Gasteiger partial charge in [-0.15, -0.1) is 0 Å². The summed E-state index contributed by atoms with van der Waals surface area (Å²) < 4.78 is 13.1. The lowest BCUT2D eigenvalue weighted by Gasteiger charge is -2.21. The molecular weight excluding hydrogens is 253 g/mol. The summed E-state index contributed by atoms with van der Waals surface area (Å²) in [4.78, 5) is 2.29. The van der Waals surface area contributed by atoms with Crippen LogP contribution in [0.15, 0.2) is 48.5 Å². The van der Waals surface area contributed by atoms with E-state index in [1.54, 1.807) is 12.1 Å². The zero-order valence-corrected chi connectivity index (χ0v) is 11.3. The highest BCUT2D eigenvalue weighted by atomic mass is 19.1.